The van der Waals surface area contributed by atoms with Crippen molar-refractivity contribution in [1.29, 1.82) is 0 Å². The molecule has 2 nitrogen and oxygen atoms in total. The summed E-state index contributed by atoms with van der Waals surface area (Å²) in [6.07, 6.45) is 2.02. The first-order valence-electron chi connectivity index (χ1n) is 5.80. The third kappa shape index (κ3) is 7.34. The standard InChI is InChI=1S/C12H27NO/c1-6-11(4)7-12(5,14)9-13-8-10(2)3/h10-11,13-14H,6-9H2,1-5H3. The summed E-state index contributed by atoms with van der Waals surface area (Å²) < 4.78 is 0. The summed E-state index contributed by atoms with van der Waals surface area (Å²) in [5.74, 6) is 1.25. The van der Waals surface area contributed by atoms with Gasteiger partial charge in [0.05, 0.1) is 5.60 Å². The first-order chi connectivity index (χ1) is 6.37. The number of rotatable bonds is 7. The van der Waals surface area contributed by atoms with E-state index in [2.05, 4.69) is 33.0 Å². The fraction of sp³-hybridized carbons (Fsp3) is 1.00. The zero-order chi connectivity index (χ0) is 11.2. The van der Waals surface area contributed by atoms with Crippen LogP contribution in [0.2, 0.25) is 0 Å². The molecule has 2 atom stereocenters. The van der Waals surface area contributed by atoms with Crippen molar-refractivity contribution in [2.45, 2.75) is 53.1 Å². The van der Waals surface area contributed by atoms with Gasteiger partial charge in [0.25, 0.3) is 0 Å². The average molecular weight is 201 g/mol. The molecule has 14 heavy (non-hydrogen) atoms. The van der Waals surface area contributed by atoms with Crippen molar-refractivity contribution < 1.29 is 5.11 Å². The van der Waals surface area contributed by atoms with Crippen molar-refractivity contribution in [2.75, 3.05) is 13.1 Å². The summed E-state index contributed by atoms with van der Waals surface area (Å²) >= 11 is 0. The Morgan fingerprint density at radius 1 is 1.29 bits per heavy atom. The van der Waals surface area contributed by atoms with Gasteiger partial charge < -0.3 is 10.4 Å². The summed E-state index contributed by atoms with van der Waals surface area (Å²) in [4.78, 5) is 0. The molecular weight excluding hydrogens is 174 g/mol. The minimum Gasteiger partial charge on any atom is -0.389 e. The van der Waals surface area contributed by atoms with Crippen LogP contribution in [-0.2, 0) is 0 Å². The van der Waals surface area contributed by atoms with E-state index in [9.17, 15) is 5.11 Å². The fourth-order valence-corrected chi connectivity index (χ4v) is 1.60. The Morgan fingerprint density at radius 3 is 2.29 bits per heavy atom. The molecule has 2 heteroatoms. The highest BCUT2D eigenvalue weighted by Gasteiger charge is 2.22. The van der Waals surface area contributed by atoms with Crippen LogP contribution in [0.1, 0.15) is 47.5 Å². The molecule has 0 spiro atoms. The molecule has 0 saturated carbocycles. The molecule has 86 valence electrons. The minimum atomic E-state index is -0.551. The lowest BCUT2D eigenvalue weighted by Crippen LogP contribution is -2.40. The fourth-order valence-electron chi connectivity index (χ4n) is 1.60. The quantitative estimate of drug-likeness (QED) is 0.663. The molecule has 0 radical (unpaired) electrons. The number of nitrogens with one attached hydrogen (secondary N) is 1. The van der Waals surface area contributed by atoms with Gasteiger partial charge in [0.2, 0.25) is 0 Å². The predicted octanol–water partition coefficient (Wildman–Crippen LogP) is 2.42. The van der Waals surface area contributed by atoms with Crippen LogP contribution in [0.4, 0.5) is 0 Å². The highest BCUT2D eigenvalue weighted by molar-refractivity contribution is 4.77. The highest BCUT2D eigenvalue weighted by Crippen LogP contribution is 2.18. The van der Waals surface area contributed by atoms with Crippen LogP contribution in [0.15, 0.2) is 0 Å². The van der Waals surface area contributed by atoms with Crippen LogP contribution in [0, 0.1) is 11.8 Å². The Hall–Kier alpha value is -0.0800. The largest absolute Gasteiger partial charge is 0.389 e. The summed E-state index contributed by atoms with van der Waals surface area (Å²) in [5.41, 5.74) is -0.551. The Kier molecular flexibility index (Phi) is 6.38. The van der Waals surface area contributed by atoms with Crippen LogP contribution in [0.25, 0.3) is 0 Å². The van der Waals surface area contributed by atoms with Crippen LogP contribution < -0.4 is 5.32 Å². The topological polar surface area (TPSA) is 32.3 Å². The van der Waals surface area contributed by atoms with E-state index in [4.69, 9.17) is 0 Å². The second-order valence-electron chi connectivity index (χ2n) is 5.24. The smallest absolute Gasteiger partial charge is 0.0746 e. The number of aliphatic hydroxyl groups is 1. The zero-order valence-electron chi connectivity index (χ0n) is 10.4. The predicted molar refractivity (Wildman–Crippen MR) is 62.4 cm³/mol. The maximum Gasteiger partial charge on any atom is 0.0746 e. The molecular formula is C12H27NO. The number of hydrogen-bond acceptors (Lipinski definition) is 2. The Labute approximate surface area is 89.1 Å². The van der Waals surface area contributed by atoms with Crippen LogP contribution in [-0.4, -0.2) is 23.8 Å². The third-order valence-electron chi connectivity index (χ3n) is 2.54. The lowest BCUT2D eigenvalue weighted by Gasteiger charge is -2.27. The van der Waals surface area contributed by atoms with E-state index in [-0.39, 0.29) is 0 Å². The molecule has 0 aliphatic heterocycles. The van der Waals surface area contributed by atoms with Crippen molar-refractivity contribution in [2.24, 2.45) is 11.8 Å². The van der Waals surface area contributed by atoms with Gasteiger partial charge in [-0.3, -0.25) is 0 Å². The van der Waals surface area contributed by atoms with E-state index in [0.717, 1.165) is 19.4 Å². The molecule has 0 aromatic heterocycles. The van der Waals surface area contributed by atoms with Crippen LogP contribution in [0.5, 0.6) is 0 Å². The van der Waals surface area contributed by atoms with Gasteiger partial charge in [0.1, 0.15) is 0 Å². The van der Waals surface area contributed by atoms with Gasteiger partial charge >= 0.3 is 0 Å². The Bertz CT molecular complexity index is 143. The van der Waals surface area contributed by atoms with E-state index in [1.165, 1.54) is 0 Å². The Morgan fingerprint density at radius 2 is 1.86 bits per heavy atom. The minimum absolute atomic E-state index is 0.551. The maximum absolute atomic E-state index is 10.1. The zero-order valence-corrected chi connectivity index (χ0v) is 10.4. The van der Waals surface area contributed by atoms with Gasteiger partial charge in [-0.1, -0.05) is 34.1 Å². The first-order valence-corrected chi connectivity index (χ1v) is 5.80. The molecule has 0 bridgehead atoms. The van der Waals surface area contributed by atoms with Crippen molar-refractivity contribution in [3.8, 4) is 0 Å². The van der Waals surface area contributed by atoms with Crippen molar-refractivity contribution in [1.82, 2.24) is 5.32 Å². The first kappa shape index (κ1) is 13.9. The molecule has 0 aromatic rings. The van der Waals surface area contributed by atoms with Crippen molar-refractivity contribution in [3.05, 3.63) is 0 Å². The summed E-state index contributed by atoms with van der Waals surface area (Å²) in [7, 11) is 0. The SMILES string of the molecule is CCC(C)CC(C)(O)CNCC(C)C. The highest BCUT2D eigenvalue weighted by atomic mass is 16.3. The summed E-state index contributed by atoms with van der Waals surface area (Å²) in [6, 6.07) is 0. The van der Waals surface area contributed by atoms with Crippen molar-refractivity contribution >= 4 is 0 Å². The molecule has 0 aliphatic carbocycles. The molecule has 0 rings (SSSR count). The van der Waals surface area contributed by atoms with Gasteiger partial charge in [-0.05, 0) is 31.7 Å². The molecule has 0 aliphatic rings. The van der Waals surface area contributed by atoms with E-state index >= 15 is 0 Å². The molecule has 0 fully saturated rings. The lowest BCUT2D eigenvalue weighted by molar-refractivity contribution is 0.0353. The second kappa shape index (κ2) is 6.41. The molecule has 0 saturated heterocycles. The normalized spacial score (nSPS) is 18.2. The number of hydrogen-bond donors (Lipinski definition) is 2. The Balaban J connectivity index is 3.71. The molecule has 2 N–H and O–H groups in total. The van der Waals surface area contributed by atoms with Gasteiger partial charge in [-0.2, -0.15) is 0 Å². The molecule has 2 unspecified atom stereocenters. The van der Waals surface area contributed by atoms with E-state index in [0.29, 0.717) is 18.4 Å². The van der Waals surface area contributed by atoms with Gasteiger partial charge in [-0.15, -0.1) is 0 Å². The molecule has 0 aromatic carbocycles. The van der Waals surface area contributed by atoms with E-state index in [1.54, 1.807) is 0 Å². The van der Waals surface area contributed by atoms with Crippen LogP contribution in [0.3, 0.4) is 0 Å². The van der Waals surface area contributed by atoms with Crippen LogP contribution >= 0.6 is 0 Å². The van der Waals surface area contributed by atoms with Crippen molar-refractivity contribution in [3.63, 3.8) is 0 Å². The third-order valence-corrected chi connectivity index (χ3v) is 2.54. The van der Waals surface area contributed by atoms with E-state index < -0.39 is 5.60 Å². The lowest BCUT2D eigenvalue weighted by atomic mass is 9.91. The summed E-state index contributed by atoms with van der Waals surface area (Å²) in [5, 5.41) is 13.4. The summed E-state index contributed by atoms with van der Waals surface area (Å²) in [6.45, 7) is 12.3. The second-order valence-corrected chi connectivity index (χ2v) is 5.24. The molecule has 0 heterocycles. The van der Waals surface area contributed by atoms with E-state index in [1.807, 2.05) is 6.92 Å². The maximum atomic E-state index is 10.1. The molecule has 0 amide bonds. The van der Waals surface area contributed by atoms with Gasteiger partial charge in [-0.25, -0.2) is 0 Å². The monoisotopic (exact) mass is 201 g/mol. The average Bonchev–Trinajstić information content (AvgIpc) is 2.02. The van der Waals surface area contributed by atoms with Gasteiger partial charge in [0.15, 0.2) is 0 Å². The van der Waals surface area contributed by atoms with Gasteiger partial charge in [0, 0.05) is 6.54 Å².